The lowest BCUT2D eigenvalue weighted by Gasteiger charge is -2.05. The second kappa shape index (κ2) is 4.42. The number of fused-ring (bicyclic) bond motifs is 1. The number of halogens is 1. The first-order valence-electron chi connectivity index (χ1n) is 4.94. The number of nitrogens with one attached hydrogen (secondary N) is 1. The van der Waals surface area contributed by atoms with Gasteiger partial charge in [-0.25, -0.2) is 15.0 Å². The molecule has 0 saturated heterocycles. The Morgan fingerprint density at radius 2 is 2.29 bits per heavy atom. The van der Waals surface area contributed by atoms with Gasteiger partial charge in [0, 0.05) is 30.2 Å². The summed E-state index contributed by atoms with van der Waals surface area (Å²) < 4.78 is 2.69. The highest BCUT2D eigenvalue weighted by atomic mass is 79.9. The van der Waals surface area contributed by atoms with Gasteiger partial charge < -0.3 is 9.72 Å². The Bertz CT molecular complexity index is 633. The van der Waals surface area contributed by atoms with Crippen molar-refractivity contribution in [3.63, 3.8) is 0 Å². The van der Waals surface area contributed by atoms with Crippen LogP contribution in [0.5, 0.6) is 0 Å². The van der Waals surface area contributed by atoms with Crippen LogP contribution >= 0.6 is 27.3 Å². The zero-order valence-electron chi connectivity index (χ0n) is 8.67. The van der Waals surface area contributed by atoms with Crippen molar-refractivity contribution in [1.82, 2.24) is 19.4 Å². The molecule has 0 aliphatic rings. The maximum absolute atomic E-state index is 4.37. The lowest BCUT2D eigenvalue weighted by atomic mass is 10.5. The molecular formula is C10H8BrN5S. The van der Waals surface area contributed by atoms with E-state index in [0.717, 1.165) is 21.1 Å². The van der Waals surface area contributed by atoms with E-state index in [0.29, 0.717) is 6.54 Å². The van der Waals surface area contributed by atoms with E-state index >= 15 is 0 Å². The molecule has 3 heterocycles. The van der Waals surface area contributed by atoms with E-state index in [4.69, 9.17) is 0 Å². The highest BCUT2D eigenvalue weighted by Crippen LogP contribution is 2.17. The molecule has 7 heteroatoms. The molecule has 0 radical (unpaired) electrons. The van der Waals surface area contributed by atoms with Crippen molar-refractivity contribution in [1.29, 1.82) is 0 Å². The number of rotatable bonds is 3. The summed E-state index contributed by atoms with van der Waals surface area (Å²) >= 11 is 4.99. The van der Waals surface area contributed by atoms with Crippen LogP contribution < -0.4 is 5.32 Å². The predicted octanol–water partition coefficient (Wildman–Crippen LogP) is 2.56. The number of hydrogen-bond acceptors (Lipinski definition) is 5. The third-order valence-electron chi connectivity index (χ3n) is 2.24. The third kappa shape index (κ3) is 2.16. The smallest absolute Gasteiger partial charge is 0.180 e. The van der Waals surface area contributed by atoms with E-state index < -0.39 is 0 Å². The topological polar surface area (TPSA) is 55.1 Å². The molecule has 3 aromatic heterocycles. The Balaban J connectivity index is 1.91. The second-order valence-corrected chi connectivity index (χ2v) is 5.14. The molecule has 0 spiro atoms. The van der Waals surface area contributed by atoms with Gasteiger partial charge in [0.25, 0.3) is 0 Å². The number of nitrogens with zero attached hydrogens (tertiary/aromatic N) is 4. The van der Waals surface area contributed by atoms with Gasteiger partial charge in [-0.05, 0) is 15.9 Å². The first-order chi connectivity index (χ1) is 8.33. The van der Waals surface area contributed by atoms with Crippen LogP contribution in [-0.2, 0) is 6.54 Å². The Labute approximate surface area is 110 Å². The van der Waals surface area contributed by atoms with Gasteiger partial charge in [-0.1, -0.05) is 0 Å². The van der Waals surface area contributed by atoms with Gasteiger partial charge in [0.05, 0.1) is 6.54 Å². The first kappa shape index (κ1) is 10.7. The average Bonchev–Trinajstić information content (AvgIpc) is 2.95. The van der Waals surface area contributed by atoms with Gasteiger partial charge in [-0.15, -0.1) is 11.3 Å². The summed E-state index contributed by atoms with van der Waals surface area (Å²) in [6.07, 6.45) is 7.30. The van der Waals surface area contributed by atoms with Gasteiger partial charge in [-0.2, -0.15) is 0 Å². The molecule has 0 aliphatic carbocycles. The molecule has 3 aromatic rings. The van der Waals surface area contributed by atoms with Crippen molar-refractivity contribution in [2.45, 2.75) is 6.54 Å². The predicted molar refractivity (Wildman–Crippen MR) is 70.1 cm³/mol. The Kier molecular flexibility index (Phi) is 2.77. The summed E-state index contributed by atoms with van der Waals surface area (Å²) in [6.45, 7) is 0.656. The molecule has 5 nitrogen and oxygen atoms in total. The standard InChI is InChI=1S/C10H8BrN5S/c11-7-6-16-3-1-13-10(16)9(15-7)14-5-8-12-2-4-17-8/h1-4,6H,5H2,(H,14,15). The summed E-state index contributed by atoms with van der Waals surface area (Å²) in [5, 5.41) is 6.22. The fraction of sp³-hybridized carbons (Fsp3) is 0.100. The molecule has 0 atom stereocenters. The zero-order valence-corrected chi connectivity index (χ0v) is 11.1. The van der Waals surface area contributed by atoms with E-state index in [1.165, 1.54) is 0 Å². The molecule has 3 rings (SSSR count). The maximum Gasteiger partial charge on any atom is 0.180 e. The van der Waals surface area contributed by atoms with Gasteiger partial charge >= 0.3 is 0 Å². The normalized spacial score (nSPS) is 10.9. The molecule has 0 bridgehead atoms. The largest absolute Gasteiger partial charge is 0.360 e. The molecule has 17 heavy (non-hydrogen) atoms. The monoisotopic (exact) mass is 309 g/mol. The van der Waals surface area contributed by atoms with E-state index in [1.807, 2.05) is 22.2 Å². The van der Waals surface area contributed by atoms with Crippen LogP contribution in [0, 0.1) is 0 Å². The van der Waals surface area contributed by atoms with Crippen LogP contribution in [0.4, 0.5) is 5.82 Å². The first-order valence-corrected chi connectivity index (χ1v) is 6.61. The van der Waals surface area contributed by atoms with E-state index in [1.54, 1.807) is 23.7 Å². The van der Waals surface area contributed by atoms with E-state index in [-0.39, 0.29) is 0 Å². The van der Waals surface area contributed by atoms with Crippen molar-refractivity contribution in [3.8, 4) is 0 Å². The molecule has 0 aliphatic heterocycles. The summed E-state index contributed by atoms with van der Waals surface area (Å²) in [5.41, 5.74) is 0.810. The van der Waals surface area contributed by atoms with Crippen molar-refractivity contribution < 1.29 is 0 Å². The lowest BCUT2D eigenvalue weighted by Crippen LogP contribution is -2.03. The molecule has 0 fully saturated rings. The summed E-state index contributed by atoms with van der Waals surface area (Å²) in [7, 11) is 0. The van der Waals surface area contributed by atoms with E-state index in [2.05, 4.69) is 36.2 Å². The molecule has 0 unspecified atom stereocenters. The van der Waals surface area contributed by atoms with Crippen molar-refractivity contribution in [2.24, 2.45) is 0 Å². The van der Waals surface area contributed by atoms with Crippen LogP contribution in [0.1, 0.15) is 5.01 Å². The number of anilines is 1. The van der Waals surface area contributed by atoms with Crippen LogP contribution in [0.3, 0.4) is 0 Å². The highest BCUT2D eigenvalue weighted by Gasteiger charge is 2.06. The van der Waals surface area contributed by atoms with Crippen LogP contribution in [0.2, 0.25) is 0 Å². The SMILES string of the molecule is Brc1cn2ccnc2c(NCc2nccs2)n1. The highest BCUT2D eigenvalue weighted by molar-refractivity contribution is 9.10. The fourth-order valence-electron chi connectivity index (χ4n) is 1.52. The van der Waals surface area contributed by atoms with Crippen molar-refractivity contribution in [3.05, 3.63) is 39.8 Å². The van der Waals surface area contributed by atoms with Crippen molar-refractivity contribution in [2.75, 3.05) is 5.32 Å². The van der Waals surface area contributed by atoms with Gasteiger partial charge in [0.1, 0.15) is 9.61 Å². The molecule has 1 N–H and O–H groups in total. The zero-order chi connectivity index (χ0) is 11.7. The number of aromatic nitrogens is 4. The summed E-state index contributed by atoms with van der Waals surface area (Å²) in [6, 6.07) is 0. The summed E-state index contributed by atoms with van der Waals surface area (Å²) in [5.74, 6) is 0.750. The maximum atomic E-state index is 4.37. The quantitative estimate of drug-likeness (QED) is 0.808. The Morgan fingerprint density at radius 1 is 1.35 bits per heavy atom. The lowest BCUT2D eigenvalue weighted by molar-refractivity contribution is 1.04. The third-order valence-corrected chi connectivity index (χ3v) is 3.40. The minimum atomic E-state index is 0.656. The van der Waals surface area contributed by atoms with Gasteiger partial charge in [-0.3, -0.25) is 0 Å². The van der Waals surface area contributed by atoms with Crippen molar-refractivity contribution >= 4 is 38.7 Å². The van der Waals surface area contributed by atoms with Gasteiger partial charge in [0.15, 0.2) is 11.5 Å². The van der Waals surface area contributed by atoms with Gasteiger partial charge in [0.2, 0.25) is 0 Å². The fourth-order valence-corrected chi connectivity index (χ4v) is 2.47. The number of thiazole rings is 1. The van der Waals surface area contributed by atoms with Crippen LogP contribution in [0.15, 0.2) is 34.8 Å². The molecule has 0 aromatic carbocycles. The minimum Gasteiger partial charge on any atom is -0.360 e. The Hall–Kier alpha value is -1.47. The molecule has 86 valence electrons. The van der Waals surface area contributed by atoms with Crippen LogP contribution in [0.25, 0.3) is 5.65 Å². The Morgan fingerprint density at radius 3 is 3.12 bits per heavy atom. The second-order valence-electron chi connectivity index (χ2n) is 3.35. The van der Waals surface area contributed by atoms with Crippen LogP contribution in [-0.4, -0.2) is 19.4 Å². The van der Waals surface area contributed by atoms with E-state index in [9.17, 15) is 0 Å². The number of hydrogen-bond donors (Lipinski definition) is 1. The number of imidazole rings is 1. The average molecular weight is 310 g/mol. The minimum absolute atomic E-state index is 0.656. The molecular weight excluding hydrogens is 302 g/mol. The summed E-state index contributed by atoms with van der Waals surface area (Å²) in [4.78, 5) is 12.8. The molecule has 0 saturated carbocycles. The molecule has 0 amide bonds.